The average Bonchev–Trinajstić information content (AvgIpc) is 3.07. The molecule has 0 bridgehead atoms. The Balaban J connectivity index is 1.54. The maximum Gasteiger partial charge on any atom is 0.327 e. The van der Waals surface area contributed by atoms with Crippen LogP contribution in [0.4, 0.5) is 0 Å². The smallest absolute Gasteiger partial charge is 0.327 e. The van der Waals surface area contributed by atoms with Gasteiger partial charge in [0.25, 0.3) is 5.91 Å². The molecule has 4 rings (SSSR count). The number of ether oxygens (including phenoxy) is 1. The van der Waals surface area contributed by atoms with E-state index in [-0.39, 0.29) is 10.7 Å². The first-order valence-corrected chi connectivity index (χ1v) is 11.6. The maximum absolute atomic E-state index is 13.1. The Bertz CT molecular complexity index is 1230. The number of halogens is 1. The van der Waals surface area contributed by atoms with Crippen LogP contribution in [0.2, 0.25) is 5.02 Å². The van der Waals surface area contributed by atoms with Crippen LogP contribution in [0.3, 0.4) is 0 Å². The van der Waals surface area contributed by atoms with E-state index in [1.54, 1.807) is 42.5 Å². The van der Waals surface area contributed by atoms with Gasteiger partial charge in [0.1, 0.15) is 21.9 Å². The fourth-order valence-corrected chi connectivity index (χ4v) is 4.82. The highest BCUT2D eigenvalue weighted by atomic mass is 35.5. The van der Waals surface area contributed by atoms with Crippen molar-refractivity contribution in [1.82, 2.24) is 4.90 Å². The average molecular weight is 496 g/mol. The van der Waals surface area contributed by atoms with E-state index in [4.69, 9.17) is 28.6 Å². The Labute approximate surface area is 205 Å². The first kappa shape index (κ1) is 23.0. The summed E-state index contributed by atoms with van der Waals surface area (Å²) in [6.45, 7) is 0. The van der Waals surface area contributed by atoms with Gasteiger partial charge in [0, 0.05) is 11.4 Å². The van der Waals surface area contributed by atoms with E-state index >= 15 is 0 Å². The van der Waals surface area contributed by atoms with Crippen LogP contribution in [0.15, 0.2) is 83.8 Å². The zero-order chi connectivity index (χ0) is 23.4. The van der Waals surface area contributed by atoms with Crippen molar-refractivity contribution >= 4 is 57.9 Å². The highest BCUT2D eigenvalue weighted by Crippen LogP contribution is 2.35. The van der Waals surface area contributed by atoms with E-state index in [1.165, 1.54) is 4.90 Å². The Morgan fingerprint density at radius 2 is 1.79 bits per heavy atom. The van der Waals surface area contributed by atoms with Crippen molar-refractivity contribution in [2.24, 2.45) is 0 Å². The first-order chi connectivity index (χ1) is 15.9. The van der Waals surface area contributed by atoms with Gasteiger partial charge in [-0.2, -0.15) is 0 Å². The van der Waals surface area contributed by atoms with Crippen LogP contribution in [0, 0.1) is 0 Å². The Kier molecular flexibility index (Phi) is 7.13. The molecule has 1 aliphatic heterocycles. The number of carboxylic acids is 1. The summed E-state index contributed by atoms with van der Waals surface area (Å²) in [5.41, 5.74) is 1.55. The summed E-state index contributed by atoms with van der Waals surface area (Å²) in [7, 11) is 0. The number of carbonyl (C=O) groups excluding carboxylic acids is 1. The lowest BCUT2D eigenvalue weighted by Gasteiger charge is -2.23. The molecule has 33 heavy (non-hydrogen) atoms. The third kappa shape index (κ3) is 5.63. The van der Waals surface area contributed by atoms with Crippen LogP contribution in [-0.4, -0.2) is 32.2 Å². The van der Waals surface area contributed by atoms with Crippen LogP contribution in [0.1, 0.15) is 11.1 Å². The van der Waals surface area contributed by atoms with Crippen molar-refractivity contribution in [2.75, 3.05) is 0 Å². The molecule has 5 nitrogen and oxygen atoms in total. The van der Waals surface area contributed by atoms with Crippen molar-refractivity contribution in [2.45, 2.75) is 12.5 Å². The van der Waals surface area contributed by atoms with Crippen molar-refractivity contribution in [3.05, 3.63) is 99.9 Å². The van der Waals surface area contributed by atoms with Gasteiger partial charge in [0.15, 0.2) is 0 Å². The zero-order valence-electron chi connectivity index (χ0n) is 17.2. The van der Waals surface area contributed by atoms with Gasteiger partial charge in [-0.25, -0.2) is 4.79 Å². The molecule has 8 heteroatoms. The molecule has 0 saturated carbocycles. The summed E-state index contributed by atoms with van der Waals surface area (Å²) in [6.07, 6.45) is 1.86. The number of thioether (sulfide) groups is 1. The maximum atomic E-state index is 13.1. The molecule has 3 aromatic carbocycles. The molecule has 1 aliphatic rings. The minimum atomic E-state index is -1.10. The van der Waals surface area contributed by atoms with Gasteiger partial charge in [-0.1, -0.05) is 78.0 Å². The summed E-state index contributed by atoms with van der Waals surface area (Å²) in [6, 6.07) is 22.3. The number of hydrogen-bond acceptors (Lipinski definition) is 5. The fraction of sp³-hybridized carbons (Fsp3) is 0.0800. The third-order valence-electron chi connectivity index (χ3n) is 4.90. The zero-order valence-corrected chi connectivity index (χ0v) is 19.6. The van der Waals surface area contributed by atoms with Gasteiger partial charge in [-0.05, 0) is 53.6 Å². The lowest BCUT2D eigenvalue weighted by molar-refractivity contribution is -0.145. The molecule has 3 aromatic rings. The molecule has 0 spiro atoms. The van der Waals surface area contributed by atoms with Gasteiger partial charge in [0.05, 0.1) is 4.91 Å². The minimum absolute atomic E-state index is 0.167. The monoisotopic (exact) mass is 495 g/mol. The number of carbonyl (C=O) groups is 2. The second kappa shape index (κ2) is 10.2. The van der Waals surface area contributed by atoms with Crippen LogP contribution >= 0.6 is 35.6 Å². The number of benzene rings is 3. The molecule has 1 saturated heterocycles. The predicted octanol–water partition coefficient (Wildman–Crippen LogP) is 6.03. The largest absolute Gasteiger partial charge is 0.480 e. The van der Waals surface area contributed by atoms with E-state index in [0.29, 0.717) is 21.4 Å². The van der Waals surface area contributed by atoms with E-state index in [9.17, 15) is 14.7 Å². The number of rotatable bonds is 7. The van der Waals surface area contributed by atoms with Crippen molar-refractivity contribution in [1.29, 1.82) is 0 Å². The lowest BCUT2D eigenvalue weighted by Crippen LogP contribution is -2.45. The van der Waals surface area contributed by atoms with Gasteiger partial charge < -0.3 is 9.84 Å². The van der Waals surface area contributed by atoms with E-state index in [1.807, 2.05) is 42.5 Å². The van der Waals surface area contributed by atoms with Crippen molar-refractivity contribution in [3.8, 4) is 11.5 Å². The molecular weight excluding hydrogens is 478 g/mol. The molecule has 1 amide bonds. The number of nitrogens with zero attached hydrogens (tertiary/aromatic N) is 1. The molecular formula is C25H18ClNO4S2. The van der Waals surface area contributed by atoms with Crippen molar-refractivity contribution < 1.29 is 19.4 Å². The number of aliphatic carboxylic acids is 1. The number of carboxylic acid groups (broad SMARTS) is 1. The van der Waals surface area contributed by atoms with E-state index < -0.39 is 17.9 Å². The summed E-state index contributed by atoms with van der Waals surface area (Å²) >= 11 is 12.4. The predicted molar refractivity (Wildman–Crippen MR) is 135 cm³/mol. The summed E-state index contributed by atoms with van der Waals surface area (Å²) in [5.74, 6) is -0.297. The van der Waals surface area contributed by atoms with Gasteiger partial charge in [-0.15, -0.1) is 0 Å². The van der Waals surface area contributed by atoms with E-state index in [0.717, 1.165) is 22.9 Å². The molecule has 1 atom stereocenters. The summed E-state index contributed by atoms with van der Waals surface area (Å²) < 4.78 is 6.08. The molecule has 1 fully saturated rings. The van der Waals surface area contributed by atoms with Crippen LogP contribution < -0.4 is 4.74 Å². The van der Waals surface area contributed by atoms with Crippen molar-refractivity contribution in [3.63, 3.8) is 0 Å². The normalized spacial score (nSPS) is 15.7. The standard InChI is InChI=1S/C25H18ClNO4S2/c26-18-9-11-19(12-10-18)31-20-8-4-7-17(13-20)15-22-23(28)27(25(32)33-22)21(24(29)30)14-16-5-2-1-3-6-16/h1-13,15,21H,14H2,(H,29,30)/b22-15-/t21-/m1/s1. The highest BCUT2D eigenvalue weighted by Gasteiger charge is 2.40. The molecule has 0 unspecified atom stereocenters. The summed E-state index contributed by atoms with van der Waals surface area (Å²) in [4.78, 5) is 26.6. The number of hydrogen-bond donors (Lipinski definition) is 1. The quantitative estimate of drug-likeness (QED) is 0.319. The highest BCUT2D eigenvalue weighted by molar-refractivity contribution is 8.26. The Hall–Kier alpha value is -3.13. The number of thiocarbonyl (C=S) groups is 1. The van der Waals surface area contributed by atoms with Gasteiger partial charge in [-0.3, -0.25) is 9.69 Å². The van der Waals surface area contributed by atoms with Gasteiger partial charge >= 0.3 is 5.97 Å². The SMILES string of the molecule is O=C(O)[C@@H](Cc1ccccc1)N1C(=O)/C(=C/c2cccc(Oc3ccc(Cl)cc3)c2)SC1=S. The Morgan fingerprint density at radius 3 is 2.48 bits per heavy atom. The first-order valence-electron chi connectivity index (χ1n) is 9.98. The third-order valence-corrected chi connectivity index (χ3v) is 6.48. The molecule has 1 heterocycles. The summed E-state index contributed by atoms with van der Waals surface area (Å²) in [5, 5.41) is 10.4. The lowest BCUT2D eigenvalue weighted by atomic mass is 10.0. The molecule has 0 aliphatic carbocycles. The Morgan fingerprint density at radius 1 is 1.06 bits per heavy atom. The van der Waals surface area contributed by atoms with Crippen LogP contribution in [0.25, 0.3) is 6.08 Å². The molecule has 166 valence electrons. The molecule has 0 radical (unpaired) electrons. The minimum Gasteiger partial charge on any atom is -0.480 e. The van der Waals surface area contributed by atoms with Crippen LogP contribution in [0.5, 0.6) is 11.5 Å². The van der Waals surface area contributed by atoms with Gasteiger partial charge in [0.2, 0.25) is 0 Å². The fourth-order valence-electron chi connectivity index (χ4n) is 3.33. The second-order valence-electron chi connectivity index (χ2n) is 7.22. The molecule has 0 aromatic heterocycles. The second-order valence-corrected chi connectivity index (χ2v) is 9.34. The molecule has 1 N–H and O–H groups in total. The van der Waals surface area contributed by atoms with E-state index in [2.05, 4.69) is 0 Å². The topological polar surface area (TPSA) is 66.8 Å². The van der Waals surface area contributed by atoms with Crippen LogP contribution in [-0.2, 0) is 16.0 Å². The number of amides is 1.